The van der Waals surface area contributed by atoms with Gasteiger partial charge in [0.2, 0.25) is 11.1 Å². The Morgan fingerprint density at radius 3 is 2.74 bits per heavy atom. The Kier molecular flexibility index (Phi) is 8.15. The molecule has 2 heterocycles. The summed E-state index contributed by atoms with van der Waals surface area (Å²) in [4.78, 5) is 17.6. The largest absolute Gasteiger partial charge is 0.489 e. The van der Waals surface area contributed by atoms with Crippen LogP contribution in [0, 0.1) is 0 Å². The highest BCUT2D eigenvalue weighted by molar-refractivity contribution is 7.99. The maximum atomic E-state index is 13.0. The first-order valence-corrected chi connectivity index (χ1v) is 12.7. The van der Waals surface area contributed by atoms with Gasteiger partial charge in [-0.05, 0) is 37.1 Å². The van der Waals surface area contributed by atoms with Crippen molar-refractivity contribution in [2.45, 2.75) is 38.1 Å². The van der Waals surface area contributed by atoms with Gasteiger partial charge >= 0.3 is 5.97 Å². The molecular formula is C26H27ClN4O3S. The zero-order chi connectivity index (χ0) is 24.8. The van der Waals surface area contributed by atoms with Crippen molar-refractivity contribution >= 4 is 35.3 Å². The van der Waals surface area contributed by atoms with Gasteiger partial charge in [-0.15, -0.1) is 5.10 Å². The van der Waals surface area contributed by atoms with Crippen LogP contribution in [0.3, 0.4) is 0 Å². The topological polar surface area (TPSA) is 78.3 Å². The lowest BCUT2D eigenvalue weighted by Gasteiger charge is -2.28. The lowest BCUT2D eigenvalue weighted by Crippen LogP contribution is -2.29. The number of hydrogen-bond donors (Lipinski definition) is 1. The summed E-state index contributed by atoms with van der Waals surface area (Å²) in [5.74, 6) is 1.76. The number of nitrogens with zero attached hydrogens (tertiary/aromatic N) is 3. The minimum atomic E-state index is -0.496. The minimum absolute atomic E-state index is 0.124. The molecule has 0 bridgehead atoms. The first kappa shape index (κ1) is 24.9. The van der Waals surface area contributed by atoms with Crippen LogP contribution in [0.5, 0.6) is 5.75 Å². The second-order valence-electron chi connectivity index (χ2n) is 7.91. The standard InChI is InChI=1S/C26H27ClN4O3S/c1-4-14-33-24(32)22-17(3)28-25-29-26(35-15-5-2)30-31(25)23(22)18-10-12-20(13-11-18)34-16-19-8-6-7-9-21(19)27/h4,6-13,23H,1,5,14-16H2,2-3H3,(H,28,29,30). The third kappa shape index (κ3) is 5.71. The Bertz CT molecular complexity index is 1240. The average molecular weight is 511 g/mol. The zero-order valence-electron chi connectivity index (χ0n) is 19.7. The molecule has 4 rings (SSSR count). The number of ether oxygens (including phenoxy) is 2. The number of aromatic nitrogens is 3. The van der Waals surface area contributed by atoms with Crippen LogP contribution in [0.2, 0.25) is 5.02 Å². The summed E-state index contributed by atoms with van der Waals surface area (Å²) in [5.41, 5.74) is 2.92. The Labute approximate surface area is 214 Å². The molecule has 1 N–H and O–H groups in total. The smallest absolute Gasteiger partial charge is 0.338 e. The third-order valence-electron chi connectivity index (χ3n) is 5.37. The molecule has 0 saturated carbocycles. The summed E-state index contributed by atoms with van der Waals surface area (Å²) < 4.78 is 13.1. The molecule has 1 atom stereocenters. The van der Waals surface area contributed by atoms with Gasteiger partial charge in [0.1, 0.15) is 25.0 Å². The summed E-state index contributed by atoms with van der Waals surface area (Å²) in [6.45, 7) is 8.07. The van der Waals surface area contributed by atoms with Crippen molar-refractivity contribution in [1.82, 2.24) is 14.8 Å². The fraction of sp³-hybridized carbons (Fsp3) is 0.269. The first-order chi connectivity index (χ1) is 17.0. The van der Waals surface area contributed by atoms with E-state index in [4.69, 9.17) is 26.2 Å². The Hall–Kier alpha value is -3.23. The lowest BCUT2D eigenvalue weighted by molar-refractivity contribution is -0.138. The van der Waals surface area contributed by atoms with E-state index in [9.17, 15) is 4.79 Å². The number of fused-ring (bicyclic) bond motifs is 1. The van der Waals surface area contributed by atoms with Crippen LogP contribution in [0.15, 0.2) is 77.6 Å². The molecule has 3 aromatic rings. The van der Waals surface area contributed by atoms with Gasteiger partial charge in [-0.3, -0.25) is 0 Å². The lowest BCUT2D eigenvalue weighted by atomic mass is 9.96. The second kappa shape index (κ2) is 11.5. The quantitative estimate of drug-likeness (QED) is 0.202. The van der Waals surface area contributed by atoms with Crippen LogP contribution in [-0.4, -0.2) is 33.1 Å². The molecule has 35 heavy (non-hydrogen) atoms. The number of allylic oxidation sites excluding steroid dienone is 1. The number of nitrogens with one attached hydrogen (secondary N) is 1. The molecule has 1 aliphatic heterocycles. The first-order valence-electron chi connectivity index (χ1n) is 11.3. The van der Waals surface area contributed by atoms with E-state index < -0.39 is 12.0 Å². The number of anilines is 1. The summed E-state index contributed by atoms with van der Waals surface area (Å²) >= 11 is 7.82. The number of hydrogen-bond acceptors (Lipinski definition) is 7. The average Bonchev–Trinajstić information content (AvgIpc) is 3.27. The van der Waals surface area contributed by atoms with Crippen molar-refractivity contribution in [3.63, 3.8) is 0 Å². The molecule has 0 aliphatic carbocycles. The van der Waals surface area contributed by atoms with Gasteiger partial charge in [-0.25, -0.2) is 9.48 Å². The zero-order valence-corrected chi connectivity index (χ0v) is 21.2. The van der Waals surface area contributed by atoms with Crippen molar-refractivity contribution in [3.05, 3.63) is 88.6 Å². The molecule has 7 nitrogen and oxygen atoms in total. The monoisotopic (exact) mass is 510 g/mol. The number of carbonyl (C=O) groups is 1. The second-order valence-corrected chi connectivity index (χ2v) is 9.38. The molecule has 2 aromatic carbocycles. The van der Waals surface area contributed by atoms with E-state index in [1.54, 1.807) is 22.5 Å². The Balaban J connectivity index is 1.63. The predicted molar refractivity (Wildman–Crippen MR) is 139 cm³/mol. The van der Waals surface area contributed by atoms with Crippen molar-refractivity contribution in [2.24, 2.45) is 0 Å². The van der Waals surface area contributed by atoms with Gasteiger partial charge in [-0.2, -0.15) is 4.98 Å². The van der Waals surface area contributed by atoms with Gasteiger partial charge in [0.25, 0.3) is 0 Å². The van der Waals surface area contributed by atoms with E-state index in [0.29, 0.717) is 39.8 Å². The number of esters is 1. The van der Waals surface area contributed by atoms with E-state index in [1.165, 1.54) is 0 Å². The van der Waals surface area contributed by atoms with Crippen molar-refractivity contribution in [3.8, 4) is 5.75 Å². The maximum absolute atomic E-state index is 13.0. The number of thioether (sulfide) groups is 1. The maximum Gasteiger partial charge on any atom is 0.338 e. The molecule has 0 spiro atoms. The normalized spacial score (nSPS) is 14.8. The summed E-state index contributed by atoms with van der Waals surface area (Å²) in [7, 11) is 0. The number of halogens is 1. The van der Waals surface area contributed by atoms with E-state index in [0.717, 1.165) is 23.3 Å². The Morgan fingerprint density at radius 1 is 1.26 bits per heavy atom. The fourth-order valence-corrected chi connectivity index (χ4v) is 4.57. The van der Waals surface area contributed by atoms with Crippen molar-refractivity contribution < 1.29 is 14.3 Å². The van der Waals surface area contributed by atoms with E-state index in [1.807, 2.05) is 55.5 Å². The van der Waals surface area contributed by atoms with Crippen LogP contribution in [-0.2, 0) is 16.1 Å². The van der Waals surface area contributed by atoms with Gasteiger partial charge in [0, 0.05) is 22.0 Å². The van der Waals surface area contributed by atoms with Crippen LogP contribution in [0.25, 0.3) is 0 Å². The Morgan fingerprint density at radius 2 is 2.03 bits per heavy atom. The molecule has 0 amide bonds. The van der Waals surface area contributed by atoms with Crippen molar-refractivity contribution in [2.75, 3.05) is 17.7 Å². The molecule has 0 fully saturated rings. The third-order valence-corrected chi connectivity index (χ3v) is 6.78. The molecule has 1 aliphatic rings. The number of benzene rings is 2. The molecule has 1 aromatic heterocycles. The van der Waals surface area contributed by atoms with Gasteiger partial charge in [0.05, 0.1) is 5.57 Å². The summed E-state index contributed by atoms with van der Waals surface area (Å²) in [6.07, 6.45) is 2.56. The molecule has 0 radical (unpaired) electrons. The molecule has 9 heteroatoms. The van der Waals surface area contributed by atoms with Crippen LogP contribution >= 0.6 is 23.4 Å². The highest BCUT2D eigenvalue weighted by Crippen LogP contribution is 2.37. The molecule has 182 valence electrons. The highest BCUT2D eigenvalue weighted by Gasteiger charge is 2.35. The minimum Gasteiger partial charge on any atom is -0.489 e. The van der Waals surface area contributed by atoms with Crippen LogP contribution < -0.4 is 10.1 Å². The SMILES string of the molecule is C=CCOC(=O)C1=C(C)Nc2nc(SCCC)nn2C1c1ccc(OCc2ccccc2Cl)cc1. The molecule has 0 saturated heterocycles. The van der Waals surface area contributed by atoms with E-state index in [-0.39, 0.29) is 6.61 Å². The molecule has 1 unspecified atom stereocenters. The fourth-order valence-electron chi connectivity index (χ4n) is 3.69. The van der Waals surface area contributed by atoms with Crippen LogP contribution in [0.1, 0.15) is 37.4 Å². The predicted octanol–water partition coefficient (Wildman–Crippen LogP) is 6.03. The van der Waals surface area contributed by atoms with Gasteiger partial charge in [-0.1, -0.05) is 73.3 Å². The highest BCUT2D eigenvalue weighted by atomic mass is 35.5. The number of rotatable bonds is 10. The van der Waals surface area contributed by atoms with Crippen molar-refractivity contribution in [1.29, 1.82) is 0 Å². The number of carbonyl (C=O) groups excluding carboxylic acids is 1. The van der Waals surface area contributed by atoms with Gasteiger partial charge in [0.15, 0.2) is 0 Å². The summed E-state index contributed by atoms with van der Waals surface area (Å²) in [5, 5.41) is 9.23. The van der Waals surface area contributed by atoms with Crippen LogP contribution in [0.4, 0.5) is 5.95 Å². The van der Waals surface area contributed by atoms with E-state index in [2.05, 4.69) is 23.8 Å². The molecular weight excluding hydrogens is 484 g/mol. The summed E-state index contributed by atoms with van der Waals surface area (Å²) in [6, 6.07) is 14.7. The van der Waals surface area contributed by atoms with Gasteiger partial charge < -0.3 is 14.8 Å². The van der Waals surface area contributed by atoms with E-state index >= 15 is 0 Å².